The second-order valence-corrected chi connectivity index (χ2v) is 13.3. The Kier molecular flexibility index (Phi) is 7.96. The first-order chi connectivity index (χ1) is 21.0. The zero-order valence-electron chi connectivity index (χ0n) is 26.3. The Morgan fingerprint density at radius 3 is 2.66 bits per heavy atom. The van der Waals surface area contributed by atoms with Gasteiger partial charge in [0.05, 0.1) is 29.6 Å². The van der Waals surface area contributed by atoms with Crippen molar-refractivity contribution in [2.24, 2.45) is 5.41 Å². The number of carbonyl (C=O) groups is 1. The number of hydrogen-bond acceptors (Lipinski definition) is 7. The summed E-state index contributed by atoms with van der Waals surface area (Å²) >= 11 is 0. The lowest BCUT2D eigenvalue weighted by molar-refractivity contribution is -0.160. The summed E-state index contributed by atoms with van der Waals surface area (Å²) in [5.74, 6) is 0.543. The Bertz CT molecular complexity index is 1690. The van der Waals surface area contributed by atoms with Crippen molar-refractivity contribution in [2.45, 2.75) is 78.6 Å². The average Bonchev–Trinajstić information content (AvgIpc) is 3.60. The average molecular weight is 599 g/mol. The van der Waals surface area contributed by atoms with E-state index in [1.807, 2.05) is 67.4 Å². The molecular formula is C34H42N6O4. The zero-order valence-corrected chi connectivity index (χ0v) is 26.3. The molecule has 6 bridgehead atoms. The number of anilines is 1. The topological polar surface area (TPSA) is 107 Å². The molecule has 10 nitrogen and oxygen atoms in total. The first kappa shape index (κ1) is 29.9. The minimum absolute atomic E-state index is 0.175. The lowest BCUT2D eigenvalue weighted by atomic mass is 9.76. The molecule has 0 aliphatic carbocycles. The van der Waals surface area contributed by atoms with Crippen LogP contribution in [0.5, 0.6) is 5.75 Å². The number of carboxylic acid groups (broad SMARTS) is 1. The number of hydrogen-bond donors (Lipinski definition) is 1. The van der Waals surface area contributed by atoms with E-state index in [1.165, 1.54) is 0 Å². The van der Waals surface area contributed by atoms with E-state index in [1.54, 1.807) is 6.20 Å². The maximum Gasteiger partial charge on any atom is 0.337 e. The van der Waals surface area contributed by atoms with Crippen LogP contribution in [0.25, 0.3) is 16.9 Å². The molecule has 0 radical (unpaired) electrons. The number of fused-ring (bicyclic) bond motifs is 6. The van der Waals surface area contributed by atoms with Crippen molar-refractivity contribution in [1.82, 2.24) is 24.4 Å². The molecule has 0 amide bonds. The Labute approximate surface area is 258 Å². The van der Waals surface area contributed by atoms with Crippen molar-refractivity contribution in [3.63, 3.8) is 0 Å². The van der Waals surface area contributed by atoms with E-state index in [-0.39, 0.29) is 5.41 Å². The Morgan fingerprint density at radius 2 is 1.91 bits per heavy atom. The Balaban J connectivity index is 1.49. The second kappa shape index (κ2) is 11.7. The molecule has 0 spiro atoms. The highest BCUT2D eigenvalue weighted by molar-refractivity contribution is 5.79. The number of para-hydroxylation sites is 1. The van der Waals surface area contributed by atoms with Crippen LogP contribution in [0.3, 0.4) is 0 Å². The van der Waals surface area contributed by atoms with Crippen LogP contribution in [0.15, 0.2) is 54.9 Å². The van der Waals surface area contributed by atoms with Gasteiger partial charge in [0.2, 0.25) is 0 Å². The summed E-state index contributed by atoms with van der Waals surface area (Å²) in [5, 5.41) is 20.1. The summed E-state index contributed by atoms with van der Waals surface area (Å²) in [6.07, 6.45) is 10.9. The number of aromatic nitrogens is 5. The van der Waals surface area contributed by atoms with Gasteiger partial charge in [0.15, 0.2) is 11.8 Å². The molecule has 7 rings (SSSR count). The van der Waals surface area contributed by atoms with Gasteiger partial charge in [-0.3, -0.25) is 4.68 Å². The van der Waals surface area contributed by atoms with Crippen LogP contribution in [-0.2, 0) is 16.1 Å². The highest BCUT2D eigenvalue weighted by Crippen LogP contribution is 2.41. The van der Waals surface area contributed by atoms with Gasteiger partial charge in [-0.1, -0.05) is 37.3 Å². The van der Waals surface area contributed by atoms with Crippen molar-refractivity contribution in [1.29, 1.82) is 0 Å². The predicted molar refractivity (Wildman–Crippen MR) is 169 cm³/mol. The van der Waals surface area contributed by atoms with Crippen LogP contribution >= 0.6 is 0 Å². The molecule has 3 aliphatic rings. The van der Waals surface area contributed by atoms with E-state index in [9.17, 15) is 9.90 Å². The fourth-order valence-electron chi connectivity index (χ4n) is 6.25. The normalized spacial score (nSPS) is 18.5. The van der Waals surface area contributed by atoms with Gasteiger partial charge >= 0.3 is 5.97 Å². The molecule has 44 heavy (non-hydrogen) atoms. The summed E-state index contributed by atoms with van der Waals surface area (Å²) in [5.41, 5.74) is 3.95. The fraction of sp³-hybridized carbons (Fsp3) is 0.471. The molecule has 1 aromatic carbocycles. The summed E-state index contributed by atoms with van der Waals surface area (Å²) in [6.45, 7) is 12.5. The van der Waals surface area contributed by atoms with Gasteiger partial charge in [0.25, 0.3) is 0 Å². The molecule has 10 heteroatoms. The molecule has 232 valence electrons. The van der Waals surface area contributed by atoms with Gasteiger partial charge < -0.3 is 19.5 Å². The standard InChI is InChI=1S/C34H42N6O4/c1-23-29(30(32(41)42)44-33(2,3)4)31-38-16-14-34(5,15-17-38)13-9-6-10-18-43-27-12-8-7-11-24(27)21-39-22-25(20-35-39)26-19-28(36-23)40(31)37-26/h6-8,10-12,19-20,22,30H,9,13-18,21H2,1-5H3,(H,41,42)/b10-6+/t30-/m0/s1. The lowest BCUT2D eigenvalue weighted by Gasteiger charge is -2.41. The SMILES string of the molecule is Cc1nc2cc3nn2c(c1[C@H](OC(C)(C)C)C(=O)O)N1CCC(C)(CC/C=C/COc2ccccc2Cn2cc-3cn2)CC1. The van der Waals surface area contributed by atoms with Crippen LogP contribution in [0.2, 0.25) is 0 Å². The summed E-state index contributed by atoms with van der Waals surface area (Å²) in [6, 6.07) is 10.00. The van der Waals surface area contributed by atoms with Crippen LogP contribution in [0.1, 0.15) is 76.3 Å². The molecule has 0 unspecified atom stereocenters. The van der Waals surface area contributed by atoms with Gasteiger partial charge in [0, 0.05) is 42.2 Å². The predicted octanol–water partition coefficient (Wildman–Crippen LogP) is 6.23. The van der Waals surface area contributed by atoms with Gasteiger partial charge in [0.1, 0.15) is 18.2 Å². The van der Waals surface area contributed by atoms with Crippen molar-refractivity contribution in [2.75, 3.05) is 24.6 Å². The number of ether oxygens (including phenoxy) is 2. The minimum atomic E-state index is -1.19. The molecule has 1 N–H and O–H groups in total. The first-order valence-corrected chi connectivity index (χ1v) is 15.4. The molecule has 3 aliphatic heterocycles. The van der Waals surface area contributed by atoms with Gasteiger partial charge in [-0.2, -0.15) is 14.7 Å². The molecule has 1 atom stereocenters. The van der Waals surface area contributed by atoms with Crippen LogP contribution in [0, 0.1) is 12.3 Å². The minimum Gasteiger partial charge on any atom is -0.489 e. The van der Waals surface area contributed by atoms with E-state index >= 15 is 0 Å². The quantitative estimate of drug-likeness (QED) is 0.277. The molecule has 0 saturated carbocycles. The van der Waals surface area contributed by atoms with E-state index in [2.05, 4.69) is 35.1 Å². The number of rotatable bonds is 3. The largest absolute Gasteiger partial charge is 0.489 e. The third kappa shape index (κ3) is 6.22. The fourth-order valence-corrected chi connectivity index (χ4v) is 6.25. The lowest BCUT2D eigenvalue weighted by Crippen LogP contribution is -2.41. The van der Waals surface area contributed by atoms with Gasteiger partial charge in [-0.25, -0.2) is 9.78 Å². The molecule has 1 fully saturated rings. The Morgan fingerprint density at radius 1 is 1.14 bits per heavy atom. The van der Waals surface area contributed by atoms with Crippen LogP contribution < -0.4 is 9.64 Å². The van der Waals surface area contributed by atoms with Gasteiger partial charge in [-0.05, 0) is 64.9 Å². The van der Waals surface area contributed by atoms with Crippen LogP contribution in [0.4, 0.5) is 5.82 Å². The van der Waals surface area contributed by atoms with E-state index < -0.39 is 17.7 Å². The number of carboxylic acids is 1. The number of piperidine rings is 1. The van der Waals surface area contributed by atoms with E-state index in [0.717, 1.165) is 67.2 Å². The number of allylic oxidation sites excluding steroid dienone is 1. The van der Waals surface area contributed by atoms with Gasteiger partial charge in [-0.15, -0.1) is 0 Å². The van der Waals surface area contributed by atoms with Crippen molar-refractivity contribution >= 4 is 17.4 Å². The highest BCUT2D eigenvalue weighted by Gasteiger charge is 2.37. The summed E-state index contributed by atoms with van der Waals surface area (Å²) < 4.78 is 16.0. The highest BCUT2D eigenvalue weighted by atomic mass is 16.5. The Hall–Kier alpha value is -4.18. The van der Waals surface area contributed by atoms with E-state index in [0.29, 0.717) is 30.1 Å². The summed E-state index contributed by atoms with van der Waals surface area (Å²) in [7, 11) is 0. The number of nitrogens with zero attached hydrogens (tertiary/aromatic N) is 6. The number of benzene rings is 1. The zero-order chi connectivity index (χ0) is 31.1. The molecular weight excluding hydrogens is 556 g/mol. The number of aliphatic carboxylic acids is 1. The molecule has 1 saturated heterocycles. The summed E-state index contributed by atoms with van der Waals surface area (Å²) in [4.78, 5) is 19.9. The maximum absolute atomic E-state index is 12.7. The van der Waals surface area contributed by atoms with Crippen molar-refractivity contribution in [3.8, 4) is 17.0 Å². The third-order valence-electron chi connectivity index (χ3n) is 8.68. The van der Waals surface area contributed by atoms with Crippen molar-refractivity contribution < 1.29 is 19.4 Å². The molecule has 6 heterocycles. The smallest absolute Gasteiger partial charge is 0.337 e. The van der Waals surface area contributed by atoms with Crippen LogP contribution in [-0.4, -0.2) is 60.8 Å². The van der Waals surface area contributed by atoms with Crippen molar-refractivity contribution in [3.05, 3.63) is 71.7 Å². The third-order valence-corrected chi connectivity index (χ3v) is 8.68. The maximum atomic E-state index is 12.7. The van der Waals surface area contributed by atoms with E-state index in [4.69, 9.17) is 19.6 Å². The molecule has 4 aromatic rings. The second-order valence-electron chi connectivity index (χ2n) is 13.3. The first-order valence-electron chi connectivity index (χ1n) is 15.4. The monoisotopic (exact) mass is 598 g/mol. The molecule has 3 aromatic heterocycles. The number of aryl methyl sites for hydroxylation is 1.